The highest BCUT2D eigenvalue weighted by molar-refractivity contribution is 6.32. The zero-order valence-corrected chi connectivity index (χ0v) is 23.2. The lowest BCUT2D eigenvalue weighted by molar-refractivity contribution is -0.112. The molecule has 2 aromatic heterocycles. The second-order valence-electron chi connectivity index (χ2n) is 9.33. The second-order valence-corrected chi connectivity index (χ2v) is 9.74. The van der Waals surface area contributed by atoms with E-state index in [2.05, 4.69) is 37.4 Å². The summed E-state index contributed by atoms with van der Waals surface area (Å²) in [5.41, 5.74) is 2.69. The number of anilines is 3. The van der Waals surface area contributed by atoms with Gasteiger partial charge in [-0.15, -0.1) is 0 Å². The Labute approximate surface area is 238 Å². The van der Waals surface area contributed by atoms with Gasteiger partial charge in [0, 0.05) is 24.0 Å². The summed E-state index contributed by atoms with van der Waals surface area (Å²) in [5.74, 6) is 1.29. The third-order valence-corrected chi connectivity index (χ3v) is 7.10. The van der Waals surface area contributed by atoms with E-state index in [0.717, 1.165) is 31.6 Å². The molecule has 206 valence electrons. The highest BCUT2D eigenvalue weighted by Crippen LogP contribution is 2.38. The average molecular weight is 559 g/mol. The van der Waals surface area contributed by atoms with Crippen molar-refractivity contribution in [2.75, 3.05) is 30.8 Å². The zero-order chi connectivity index (χ0) is 27.9. The summed E-state index contributed by atoms with van der Waals surface area (Å²) in [4.78, 5) is 28.3. The van der Waals surface area contributed by atoms with Crippen molar-refractivity contribution in [3.8, 4) is 11.5 Å². The van der Waals surface area contributed by atoms with Crippen LogP contribution in [0.15, 0.2) is 73.2 Å². The lowest BCUT2D eigenvalue weighted by Gasteiger charge is -2.19. The van der Waals surface area contributed by atoms with Gasteiger partial charge in [0.05, 0.1) is 34.4 Å². The molecule has 40 heavy (non-hydrogen) atoms. The molecule has 10 heteroatoms. The molecule has 0 aliphatic carbocycles. The van der Waals surface area contributed by atoms with Crippen molar-refractivity contribution in [1.29, 1.82) is 0 Å². The van der Waals surface area contributed by atoms with Gasteiger partial charge in [0.1, 0.15) is 24.5 Å². The number of hydrogen-bond donors (Lipinski definition) is 2. The Bertz CT molecular complexity index is 1510. The van der Waals surface area contributed by atoms with E-state index in [1.165, 1.54) is 6.33 Å². The van der Waals surface area contributed by atoms with E-state index in [0.29, 0.717) is 51.2 Å². The standard InChI is InChI=1S/C30H31ClN6O3/c1-3-37-16-6-8-22(37)10-14-27(38)36-25-12-11-24-28(29(25)39-2)30(34-19-33-24)35-20-9-13-26(23(31)17-20)40-18-21-7-4-5-15-32-21/h4-5,7,9-15,17,19,22H,3,6,8,16,18H2,1-2H3,(H,36,38)(H,33,34,35). The highest BCUT2D eigenvalue weighted by Gasteiger charge is 2.21. The van der Waals surface area contributed by atoms with E-state index >= 15 is 0 Å². The molecule has 2 aromatic carbocycles. The number of halogens is 1. The highest BCUT2D eigenvalue weighted by atomic mass is 35.5. The van der Waals surface area contributed by atoms with Gasteiger partial charge < -0.3 is 20.1 Å². The molecule has 9 nitrogen and oxygen atoms in total. The monoisotopic (exact) mass is 558 g/mol. The van der Waals surface area contributed by atoms with Crippen LogP contribution >= 0.6 is 11.6 Å². The van der Waals surface area contributed by atoms with Crippen LogP contribution in [-0.2, 0) is 11.4 Å². The molecular formula is C30H31ClN6O3. The topological polar surface area (TPSA) is 102 Å². The Morgan fingerprint density at radius 2 is 2.08 bits per heavy atom. The van der Waals surface area contributed by atoms with Gasteiger partial charge in [0.2, 0.25) is 5.91 Å². The van der Waals surface area contributed by atoms with Gasteiger partial charge in [-0.3, -0.25) is 14.7 Å². The van der Waals surface area contributed by atoms with E-state index in [1.54, 1.807) is 37.6 Å². The molecule has 1 saturated heterocycles. The average Bonchev–Trinajstić information content (AvgIpc) is 3.44. The van der Waals surface area contributed by atoms with Crippen LogP contribution in [-0.4, -0.2) is 52.0 Å². The number of pyridine rings is 1. The Kier molecular flexibility index (Phi) is 8.73. The fourth-order valence-electron chi connectivity index (χ4n) is 4.83. The maximum Gasteiger partial charge on any atom is 0.248 e. The number of likely N-dealkylation sites (tertiary alicyclic amines) is 1. The Hall–Kier alpha value is -4.21. The lowest BCUT2D eigenvalue weighted by Crippen LogP contribution is -2.27. The molecule has 1 fully saturated rings. The maximum atomic E-state index is 12.8. The number of carbonyl (C=O) groups is 1. The molecule has 0 spiro atoms. The number of rotatable bonds is 10. The number of likely N-dealkylation sites (N-methyl/N-ethyl adjacent to an activating group) is 1. The van der Waals surface area contributed by atoms with Gasteiger partial charge in [-0.05, 0) is 68.4 Å². The predicted molar refractivity (Wildman–Crippen MR) is 157 cm³/mol. The first-order chi connectivity index (χ1) is 19.6. The molecule has 1 atom stereocenters. The fourth-order valence-corrected chi connectivity index (χ4v) is 5.07. The summed E-state index contributed by atoms with van der Waals surface area (Å²) in [7, 11) is 1.55. The van der Waals surface area contributed by atoms with Gasteiger partial charge in [0.15, 0.2) is 5.75 Å². The van der Waals surface area contributed by atoms with E-state index in [1.807, 2.05) is 36.4 Å². The zero-order valence-electron chi connectivity index (χ0n) is 22.4. The van der Waals surface area contributed by atoms with Crippen LogP contribution in [0.1, 0.15) is 25.5 Å². The molecule has 1 amide bonds. The van der Waals surface area contributed by atoms with Crippen molar-refractivity contribution in [1.82, 2.24) is 19.9 Å². The lowest BCUT2D eigenvalue weighted by atomic mass is 10.1. The second kappa shape index (κ2) is 12.8. The molecule has 5 rings (SSSR count). The first-order valence-electron chi connectivity index (χ1n) is 13.2. The third kappa shape index (κ3) is 6.32. The van der Waals surface area contributed by atoms with Crippen molar-refractivity contribution in [3.63, 3.8) is 0 Å². The molecule has 2 N–H and O–H groups in total. The van der Waals surface area contributed by atoms with Gasteiger partial charge in [-0.25, -0.2) is 9.97 Å². The number of fused-ring (bicyclic) bond motifs is 1. The molecule has 0 saturated carbocycles. The van der Waals surface area contributed by atoms with E-state index in [9.17, 15) is 4.79 Å². The molecule has 0 radical (unpaired) electrons. The van der Waals surface area contributed by atoms with E-state index in [-0.39, 0.29) is 11.9 Å². The summed E-state index contributed by atoms with van der Waals surface area (Å²) in [6, 6.07) is 14.9. The summed E-state index contributed by atoms with van der Waals surface area (Å²) in [6.45, 7) is 4.48. The smallest absolute Gasteiger partial charge is 0.248 e. The number of nitrogens with one attached hydrogen (secondary N) is 2. The van der Waals surface area contributed by atoms with Crippen LogP contribution in [0.4, 0.5) is 17.2 Å². The normalized spacial score (nSPS) is 15.4. The molecular weight excluding hydrogens is 528 g/mol. The van der Waals surface area contributed by atoms with Gasteiger partial charge in [0.25, 0.3) is 0 Å². The van der Waals surface area contributed by atoms with Crippen LogP contribution in [0.3, 0.4) is 0 Å². The Morgan fingerprint density at radius 1 is 1.18 bits per heavy atom. The largest absolute Gasteiger partial charge is 0.494 e. The van der Waals surface area contributed by atoms with E-state index in [4.69, 9.17) is 21.1 Å². The fraction of sp³-hybridized carbons (Fsp3) is 0.267. The predicted octanol–water partition coefficient (Wildman–Crippen LogP) is 5.99. The SMILES string of the molecule is CCN1CCCC1C=CC(=O)Nc1ccc2ncnc(Nc3ccc(OCc4ccccn4)c(Cl)c3)c2c1OC. The third-order valence-electron chi connectivity index (χ3n) is 6.80. The summed E-state index contributed by atoms with van der Waals surface area (Å²) in [5, 5.41) is 7.32. The van der Waals surface area contributed by atoms with Crippen molar-refractivity contribution in [3.05, 3.63) is 83.9 Å². The van der Waals surface area contributed by atoms with Crippen LogP contribution in [0.5, 0.6) is 11.5 Å². The first-order valence-corrected chi connectivity index (χ1v) is 13.6. The van der Waals surface area contributed by atoms with Crippen LogP contribution in [0, 0.1) is 0 Å². The van der Waals surface area contributed by atoms with Gasteiger partial charge in [-0.2, -0.15) is 0 Å². The number of amides is 1. The van der Waals surface area contributed by atoms with Crippen molar-refractivity contribution in [2.45, 2.75) is 32.4 Å². The van der Waals surface area contributed by atoms with Gasteiger partial charge in [-0.1, -0.05) is 30.7 Å². The van der Waals surface area contributed by atoms with Crippen molar-refractivity contribution >= 4 is 45.6 Å². The maximum absolute atomic E-state index is 12.8. The number of nitrogens with zero attached hydrogens (tertiary/aromatic N) is 4. The van der Waals surface area contributed by atoms with E-state index < -0.39 is 0 Å². The molecule has 1 aliphatic heterocycles. The number of ether oxygens (including phenoxy) is 2. The Morgan fingerprint density at radius 3 is 2.85 bits per heavy atom. The minimum absolute atomic E-state index is 0.222. The van der Waals surface area contributed by atoms with Crippen molar-refractivity contribution in [2.24, 2.45) is 0 Å². The number of benzene rings is 2. The van der Waals surface area contributed by atoms with Crippen LogP contribution in [0.2, 0.25) is 5.02 Å². The molecule has 1 aliphatic rings. The Balaban J connectivity index is 1.35. The van der Waals surface area contributed by atoms with Gasteiger partial charge >= 0.3 is 0 Å². The van der Waals surface area contributed by atoms with Crippen molar-refractivity contribution < 1.29 is 14.3 Å². The first kappa shape index (κ1) is 27.4. The van der Waals surface area contributed by atoms with Crippen LogP contribution in [0.25, 0.3) is 10.9 Å². The molecule has 1 unspecified atom stereocenters. The number of aromatic nitrogens is 3. The summed E-state index contributed by atoms with van der Waals surface area (Å²) in [6.07, 6.45) is 8.97. The minimum Gasteiger partial charge on any atom is -0.494 e. The molecule has 4 aromatic rings. The summed E-state index contributed by atoms with van der Waals surface area (Å²) >= 11 is 6.52. The quantitative estimate of drug-likeness (QED) is 0.229. The molecule has 0 bridgehead atoms. The minimum atomic E-state index is -0.222. The number of methoxy groups -OCH3 is 1. The summed E-state index contributed by atoms with van der Waals surface area (Å²) < 4.78 is 11.6. The molecule has 3 heterocycles. The number of hydrogen-bond acceptors (Lipinski definition) is 8. The van der Waals surface area contributed by atoms with Crippen LogP contribution < -0.4 is 20.1 Å². The number of carbonyl (C=O) groups excluding carboxylic acids is 1.